The highest BCUT2D eigenvalue weighted by Gasteiger charge is 2.39. The third-order valence-electron chi connectivity index (χ3n) is 4.09. The molecule has 0 atom stereocenters. The van der Waals surface area contributed by atoms with Gasteiger partial charge in [-0.1, -0.05) is 41.9 Å². The van der Waals surface area contributed by atoms with Crippen molar-refractivity contribution in [1.29, 1.82) is 0 Å². The number of methoxy groups -OCH3 is 1. The molecule has 0 unspecified atom stereocenters. The number of benzene rings is 2. The molecule has 1 aliphatic rings. The summed E-state index contributed by atoms with van der Waals surface area (Å²) in [6.07, 6.45) is 0.963. The average molecular weight is 288 g/mol. The van der Waals surface area contributed by atoms with E-state index in [0.717, 1.165) is 30.3 Å². The van der Waals surface area contributed by atoms with Gasteiger partial charge in [-0.15, -0.1) is 0 Å². The molecule has 0 saturated carbocycles. The van der Waals surface area contributed by atoms with Gasteiger partial charge < -0.3 is 10.1 Å². The van der Waals surface area contributed by atoms with Crippen molar-refractivity contribution in [3.05, 3.63) is 64.7 Å². The molecule has 3 rings (SSSR count). The van der Waals surface area contributed by atoms with Crippen molar-refractivity contribution in [1.82, 2.24) is 5.32 Å². The van der Waals surface area contributed by atoms with Gasteiger partial charge in [-0.05, 0) is 35.7 Å². The fraction of sp³-hybridized carbons (Fsp3) is 0.294. The minimum Gasteiger partial charge on any atom is -0.496 e. The molecule has 2 aromatic rings. The van der Waals surface area contributed by atoms with Gasteiger partial charge in [-0.3, -0.25) is 0 Å². The summed E-state index contributed by atoms with van der Waals surface area (Å²) in [6.45, 7) is 1.96. The lowest BCUT2D eigenvalue weighted by molar-refractivity contribution is 0.271. The zero-order valence-electron chi connectivity index (χ0n) is 11.5. The Bertz CT molecular complexity index is 607. The van der Waals surface area contributed by atoms with Crippen molar-refractivity contribution >= 4 is 11.6 Å². The van der Waals surface area contributed by atoms with Crippen LogP contribution in [0.1, 0.15) is 11.1 Å². The molecule has 1 fully saturated rings. The van der Waals surface area contributed by atoms with Crippen LogP contribution in [0.4, 0.5) is 0 Å². The summed E-state index contributed by atoms with van der Waals surface area (Å²) in [5.74, 6) is 0.959. The second-order valence-corrected chi connectivity index (χ2v) is 5.82. The van der Waals surface area contributed by atoms with Gasteiger partial charge in [-0.25, -0.2) is 0 Å². The molecule has 1 aliphatic heterocycles. The van der Waals surface area contributed by atoms with Crippen molar-refractivity contribution in [2.75, 3.05) is 20.2 Å². The summed E-state index contributed by atoms with van der Waals surface area (Å²) in [5, 5.41) is 4.19. The van der Waals surface area contributed by atoms with E-state index in [4.69, 9.17) is 16.3 Å². The highest BCUT2D eigenvalue weighted by atomic mass is 35.5. The number of para-hydroxylation sites is 1. The van der Waals surface area contributed by atoms with Gasteiger partial charge in [0.25, 0.3) is 0 Å². The molecule has 1 saturated heterocycles. The monoisotopic (exact) mass is 287 g/mol. The SMILES string of the molecule is COc1ccccc1CC1(c2cccc(Cl)c2)CNC1. The second-order valence-electron chi connectivity index (χ2n) is 5.38. The van der Waals surface area contributed by atoms with Crippen LogP contribution in [0, 0.1) is 0 Å². The third-order valence-corrected chi connectivity index (χ3v) is 4.32. The molecule has 0 aromatic heterocycles. The lowest BCUT2D eigenvalue weighted by Gasteiger charge is -2.43. The van der Waals surface area contributed by atoms with E-state index in [2.05, 4.69) is 29.6 Å². The Kier molecular flexibility index (Phi) is 3.68. The molecule has 2 nitrogen and oxygen atoms in total. The molecule has 1 heterocycles. The first-order valence-electron chi connectivity index (χ1n) is 6.82. The quantitative estimate of drug-likeness (QED) is 0.930. The van der Waals surface area contributed by atoms with Crippen LogP contribution in [0.5, 0.6) is 5.75 Å². The summed E-state index contributed by atoms with van der Waals surface area (Å²) in [6, 6.07) is 16.4. The Labute approximate surface area is 124 Å². The Hall–Kier alpha value is -1.51. The molecule has 0 spiro atoms. The summed E-state index contributed by atoms with van der Waals surface area (Å²) >= 11 is 6.15. The predicted molar refractivity (Wildman–Crippen MR) is 82.7 cm³/mol. The van der Waals surface area contributed by atoms with Gasteiger partial charge in [0.2, 0.25) is 0 Å². The fourth-order valence-corrected chi connectivity index (χ4v) is 3.08. The summed E-state index contributed by atoms with van der Waals surface area (Å²) < 4.78 is 5.47. The Morgan fingerprint density at radius 1 is 1.15 bits per heavy atom. The standard InChI is InChI=1S/C17H18ClNO/c1-20-16-8-3-2-5-13(16)10-17(11-19-12-17)14-6-4-7-15(18)9-14/h2-9,19H,10-12H2,1H3. The van der Waals surface area contributed by atoms with Gasteiger partial charge in [0.1, 0.15) is 5.75 Å². The van der Waals surface area contributed by atoms with Crippen LogP contribution in [-0.2, 0) is 11.8 Å². The maximum Gasteiger partial charge on any atom is 0.122 e. The highest BCUT2D eigenvalue weighted by molar-refractivity contribution is 6.30. The maximum atomic E-state index is 6.15. The molecule has 0 radical (unpaired) electrons. The van der Waals surface area contributed by atoms with E-state index in [9.17, 15) is 0 Å². The van der Waals surface area contributed by atoms with Crippen molar-refractivity contribution in [3.8, 4) is 5.75 Å². The lowest BCUT2D eigenvalue weighted by Crippen LogP contribution is -2.58. The van der Waals surface area contributed by atoms with E-state index in [1.54, 1.807) is 7.11 Å². The number of ether oxygens (including phenoxy) is 1. The number of halogens is 1. The molecule has 0 aliphatic carbocycles. The van der Waals surface area contributed by atoms with Crippen LogP contribution in [0.3, 0.4) is 0 Å². The molecule has 2 aromatic carbocycles. The fourth-order valence-electron chi connectivity index (χ4n) is 2.89. The first-order chi connectivity index (χ1) is 9.73. The van der Waals surface area contributed by atoms with Crippen molar-refractivity contribution in [3.63, 3.8) is 0 Å². The molecule has 0 amide bonds. The van der Waals surface area contributed by atoms with E-state index in [1.807, 2.05) is 24.3 Å². The van der Waals surface area contributed by atoms with E-state index in [0.29, 0.717) is 0 Å². The molecular formula is C17H18ClNO. The van der Waals surface area contributed by atoms with Gasteiger partial charge >= 0.3 is 0 Å². The summed E-state index contributed by atoms with van der Waals surface area (Å²) in [4.78, 5) is 0. The molecular weight excluding hydrogens is 270 g/mol. The average Bonchev–Trinajstić information content (AvgIpc) is 2.43. The van der Waals surface area contributed by atoms with E-state index < -0.39 is 0 Å². The van der Waals surface area contributed by atoms with Gasteiger partial charge in [0, 0.05) is 23.5 Å². The molecule has 1 N–H and O–H groups in total. The first-order valence-corrected chi connectivity index (χ1v) is 7.20. The molecule has 0 bridgehead atoms. The van der Waals surface area contributed by atoms with E-state index in [1.165, 1.54) is 11.1 Å². The Morgan fingerprint density at radius 2 is 1.95 bits per heavy atom. The zero-order chi connectivity index (χ0) is 14.0. The smallest absolute Gasteiger partial charge is 0.122 e. The lowest BCUT2D eigenvalue weighted by atomic mass is 9.71. The van der Waals surface area contributed by atoms with E-state index >= 15 is 0 Å². The summed E-state index contributed by atoms with van der Waals surface area (Å²) in [7, 11) is 1.73. The van der Waals surface area contributed by atoms with Crippen LogP contribution in [0.25, 0.3) is 0 Å². The van der Waals surface area contributed by atoms with E-state index in [-0.39, 0.29) is 5.41 Å². The van der Waals surface area contributed by atoms with Crippen LogP contribution in [0.2, 0.25) is 5.02 Å². The van der Waals surface area contributed by atoms with Crippen LogP contribution in [0.15, 0.2) is 48.5 Å². The topological polar surface area (TPSA) is 21.3 Å². The van der Waals surface area contributed by atoms with Crippen molar-refractivity contribution in [2.24, 2.45) is 0 Å². The predicted octanol–water partition coefficient (Wildman–Crippen LogP) is 3.43. The Balaban J connectivity index is 1.94. The van der Waals surface area contributed by atoms with Gasteiger partial charge in [0.05, 0.1) is 7.11 Å². The van der Waals surface area contributed by atoms with Crippen LogP contribution in [-0.4, -0.2) is 20.2 Å². The largest absolute Gasteiger partial charge is 0.496 e. The van der Waals surface area contributed by atoms with Gasteiger partial charge in [0.15, 0.2) is 0 Å². The van der Waals surface area contributed by atoms with Crippen molar-refractivity contribution < 1.29 is 4.74 Å². The minimum absolute atomic E-state index is 0.125. The van der Waals surface area contributed by atoms with Crippen LogP contribution < -0.4 is 10.1 Å². The Morgan fingerprint density at radius 3 is 2.60 bits per heavy atom. The normalized spacial score (nSPS) is 16.5. The molecule has 104 valence electrons. The number of nitrogens with one attached hydrogen (secondary N) is 1. The number of hydrogen-bond donors (Lipinski definition) is 1. The maximum absolute atomic E-state index is 6.15. The zero-order valence-corrected chi connectivity index (χ0v) is 12.3. The molecule has 20 heavy (non-hydrogen) atoms. The first kappa shape index (κ1) is 13.5. The van der Waals surface area contributed by atoms with Crippen molar-refractivity contribution in [2.45, 2.75) is 11.8 Å². The van der Waals surface area contributed by atoms with Gasteiger partial charge in [-0.2, -0.15) is 0 Å². The second kappa shape index (κ2) is 5.47. The van der Waals surface area contributed by atoms with Crippen LogP contribution >= 0.6 is 11.6 Å². The molecule has 3 heteroatoms. The third kappa shape index (κ3) is 2.41. The minimum atomic E-state index is 0.125. The number of hydrogen-bond acceptors (Lipinski definition) is 2. The summed E-state index contributed by atoms with van der Waals surface area (Å²) in [5.41, 5.74) is 2.67. The highest BCUT2D eigenvalue weighted by Crippen LogP contribution is 2.36. The number of rotatable bonds is 4.